The van der Waals surface area contributed by atoms with Crippen molar-refractivity contribution in [3.8, 4) is 0 Å². The number of aromatic nitrogens is 1. The second-order valence-electron chi connectivity index (χ2n) is 3.96. The van der Waals surface area contributed by atoms with Gasteiger partial charge in [0.1, 0.15) is 5.76 Å². The Bertz CT molecular complexity index is 551. The monoisotopic (exact) mass is 264 g/mol. The van der Waals surface area contributed by atoms with Crippen LogP contribution < -0.4 is 5.32 Å². The van der Waals surface area contributed by atoms with E-state index in [1.807, 2.05) is 24.3 Å². The van der Waals surface area contributed by atoms with Gasteiger partial charge in [-0.25, -0.2) is 0 Å². The van der Waals surface area contributed by atoms with E-state index in [4.69, 9.17) is 16.1 Å². The number of rotatable bonds is 4. The first-order valence-electron chi connectivity index (χ1n) is 5.61. The third-order valence-corrected chi connectivity index (χ3v) is 2.68. The van der Waals surface area contributed by atoms with Gasteiger partial charge in [-0.15, -0.1) is 0 Å². The minimum absolute atomic E-state index is 0.228. The summed E-state index contributed by atoms with van der Waals surface area (Å²) < 4.78 is 4.84. The lowest BCUT2D eigenvalue weighted by atomic mass is 10.1. The van der Waals surface area contributed by atoms with Gasteiger partial charge >= 0.3 is 0 Å². The summed E-state index contributed by atoms with van der Waals surface area (Å²) in [6.07, 6.45) is 0.725. The van der Waals surface area contributed by atoms with E-state index in [0.717, 1.165) is 12.0 Å². The van der Waals surface area contributed by atoms with Crippen molar-refractivity contribution in [3.63, 3.8) is 0 Å². The molecular weight excluding hydrogens is 252 g/mol. The SMILES string of the molecule is Cc1cc(C(=O)NCCc2cccc(Cl)c2)no1. The minimum atomic E-state index is -0.228. The molecule has 2 rings (SSSR count). The molecule has 0 unspecified atom stereocenters. The summed E-state index contributed by atoms with van der Waals surface area (Å²) in [6.45, 7) is 2.28. The lowest BCUT2D eigenvalue weighted by molar-refractivity contribution is 0.0945. The first-order chi connectivity index (χ1) is 8.65. The van der Waals surface area contributed by atoms with E-state index >= 15 is 0 Å². The lowest BCUT2D eigenvalue weighted by Gasteiger charge is -2.03. The molecule has 0 saturated heterocycles. The van der Waals surface area contributed by atoms with E-state index in [-0.39, 0.29) is 5.91 Å². The molecule has 0 fully saturated rings. The molecule has 4 nitrogen and oxygen atoms in total. The van der Waals surface area contributed by atoms with Gasteiger partial charge in [0, 0.05) is 17.6 Å². The van der Waals surface area contributed by atoms with Gasteiger partial charge in [0.05, 0.1) is 0 Å². The summed E-state index contributed by atoms with van der Waals surface area (Å²) in [5, 5.41) is 7.12. The lowest BCUT2D eigenvalue weighted by Crippen LogP contribution is -2.25. The summed E-state index contributed by atoms with van der Waals surface area (Å²) in [5.41, 5.74) is 1.39. The van der Waals surface area contributed by atoms with Crippen LogP contribution in [0.4, 0.5) is 0 Å². The second kappa shape index (κ2) is 5.69. The van der Waals surface area contributed by atoms with Gasteiger partial charge in [-0.1, -0.05) is 28.9 Å². The third-order valence-electron chi connectivity index (χ3n) is 2.45. The van der Waals surface area contributed by atoms with Crippen molar-refractivity contribution >= 4 is 17.5 Å². The molecule has 2 aromatic rings. The molecule has 0 bridgehead atoms. The number of benzene rings is 1. The molecule has 0 aliphatic carbocycles. The summed E-state index contributed by atoms with van der Waals surface area (Å²) in [4.78, 5) is 11.7. The third kappa shape index (κ3) is 3.34. The van der Waals surface area contributed by atoms with Crippen LogP contribution in [0.5, 0.6) is 0 Å². The van der Waals surface area contributed by atoms with Gasteiger partial charge < -0.3 is 9.84 Å². The average molecular weight is 265 g/mol. The molecule has 1 N–H and O–H groups in total. The molecule has 1 aromatic heterocycles. The number of nitrogens with zero attached hydrogens (tertiary/aromatic N) is 1. The summed E-state index contributed by atoms with van der Waals surface area (Å²) >= 11 is 5.88. The van der Waals surface area contributed by atoms with Crippen LogP contribution in [-0.2, 0) is 6.42 Å². The molecule has 0 atom stereocenters. The molecule has 0 radical (unpaired) electrons. The number of amides is 1. The maximum absolute atomic E-state index is 11.7. The zero-order chi connectivity index (χ0) is 13.0. The average Bonchev–Trinajstić information content (AvgIpc) is 2.76. The van der Waals surface area contributed by atoms with Crippen LogP contribution >= 0.6 is 11.6 Å². The molecule has 0 aliphatic heterocycles. The standard InChI is InChI=1S/C13H13ClN2O2/c1-9-7-12(16-18-9)13(17)15-6-5-10-3-2-4-11(14)8-10/h2-4,7-8H,5-6H2,1H3,(H,15,17). The number of carbonyl (C=O) groups is 1. The maximum Gasteiger partial charge on any atom is 0.273 e. The Kier molecular flexibility index (Phi) is 3.99. The zero-order valence-corrected chi connectivity index (χ0v) is 10.7. The van der Waals surface area contributed by atoms with Gasteiger partial charge in [0.2, 0.25) is 0 Å². The van der Waals surface area contributed by atoms with Crippen molar-refractivity contribution in [1.29, 1.82) is 0 Å². The quantitative estimate of drug-likeness (QED) is 0.924. The highest BCUT2D eigenvalue weighted by Crippen LogP contribution is 2.10. The van der Waals surface area contributed by atoms with Gasteiger partial charge in [-0.05, 0) is 31.0 Å². The fourth-order valence-corrected chi connectivity index (χ4v) is 1.79. The highest BCUT2D eigenvalue weighted by atomic mass is 35.5. The second-order valence-corrected chi connectivity index (χ2v) is 4.40. The van der Waals surface area contributed by atoms with E-state index in [0.29, 0.717) is 23.0 Å². The molecule has 5 heteroatoms. The first-order valence-corrected chi connectivity index (χ1v) is 5.99. The number of aryl methyl sites for hydroxylation is 1. The fourth-order valence-electron chi connectivity index (χ4n) is 1.58. The van der Waals surface area contributed by atoms with Crippen LogP contribution in [0.3, 0.4) is 0 Å². The van der Waals surface area contributed by atoms with Crippen molar-refractivity contribution in [2.24, 2.45) is 0 Å². The molecule has 0 spiro atoms. The normalized spacial score (nSPS) is 10.3. The van der Waals surface area contributed by atoms with Crippen LogP contribution in [0.25, 0.3) is 0 Å². The number of halogens is 1. The van der Waals surface area contributed by atoms with Crippen molar-refractivity contribution in [2.45, 2.75) is 13.3 Å². The minimum Gasteiger partial charge on any atom is -0.361 e. The van der Waals surface area contributed by atoms with Crippen molar-refractivity contribution < 1.29 is 9.32 Å². The predicted octanol–water partition coefficient (Wildman–Crippen LogP) is 2.61. The molecule has 1 amide bonds. The van der Waals surface area contributed by atoms with Gasteiger partial charge in [0.15, 0.2) is 5.69 Å². The van der Waals surface area contributed by atoms with E-state index in [9.17, 15) is 4.79 Å². The molecule has 1 heterocycles. The molecule has 1 aromatic carbocycles. The van der Waals surface area contributed by atoms with Crippen molar-refractivity contribution in [2.75, 3.05) is 6.54 Å². The summed E-state index contributed by atoms with van der Waals surface area (Å²) in [7, 11) is 0. The molecule has 0 aliphatic rings. The largest absolute Gasteiger partial charge is 0.361 e. The Morgan fingerprint density at radius 3 is 2.94 bits per heavy atom. The predicted molar refractivity (Wildman–Crippen MR) is 68.7 cm³/mol. The Hall–Kier alpha value is -1.81. The summed E-state index contributed by atoms with van der Waals surface area (Å²) in [5.74, 6) is 0.392. The summed E-state index contributed by atoms with van der Waals surface area (Å²) in [6, 6.07) is 9.17. The van der Waals surface area contributed by atoms with E-state index < -0.39 is 0 Å². The number of hydrogen-bond donors (Lipinski definition) is 1. The first kappa shape index (κ1) is 12.6. The Labute approximate surface area is 110 Å². The van der Waals surface area contributed by atoms with Gasteiger partial charge in [0.25, 0.3) is 5.91 Å². The van der Waals surface area contributed by atoms with Crippen molar-refractivity contribution in [3.05, 3.63) is 52.4 Å². The number of carbonyl (C=O) groups excluding carboxylic acids is 1. The Morgan fingerprint density at radius 1 is 1.44 bits per heavy atom. The van der Waals surface area contributed by atoms with E-state index in [1.54, 1.807) is 13.0 Å². The van der Waals surface area contributed by atoms with E-state index in [1.165, 1.54) is 0 Å². The number of hydrogen-bond acceptors (Lipinski definition) is 3. The highest BCUT2D eigenvalue weighted by Gasteiger charge is 2.09. The molecule has 0 saturated carbocycles. The van der Waals surface area contributed by atoms with Crippen LogP contribution in [0.15, 0.2) is 34.9 Å². The van der Waals surface area contributed by atoms with Crippen LogP contribution in [0, 0.1) is 6.92 Å². The molecular formula is C13H13ClN2O2. The van der Waals surface area contributed by atoms with Gasteiger partial charge in [-0.3, -0.25) is 4.79 Å². The molecule has 18 heavy (non-hydrogen) atoms. The van der Waals surface area contributed by atoms with Crippen LogP contribution in [-0.4, -0.2) is 17.6 Å². The van der Waals surface area contributed by atoms with Crippen molar-refractivity contribution in [1.82, 2.24) is 10.5 Å². The maximum atomic E-state index is 11.7. The van der Waals surface area contributed by atoms with Crippen LogP contribution in [0.1, 0.15) is 21.8 Å². The Balaban J connectivity index is 1.84. The van der Waals surface area contributed by atoms with E-state index in [2.05, 4.69) is 10.5 Å². The number of nitrogens with one attached hydrogen (secondary N) is 1. The smallest absolute Gasteiger partial charge is 0.273 e. The Morgan fingerprint density at radius 2 is 2.28 bits per heavy atom. The van der Waals surface area contributed by atoms with Gasteiger partial charge in [-0.2, -0.15) is 0 Å². The fraction of sp³-hybridized carbons (Fsp3) is 0.231. The molecule has 94 valence electrons. The van der Waals surface area contributed by atoms with Crippen LogP contribution in [0.2, 0.25) is 5.02 Å². The topological polar surface area (TPSA) is 55.1 Å². The highest BCUT2D eigenvalue weighted by molar-refractivity contribution is 6.30. The zero-order valence-electron chi connectivity index (χ0n) is 9.94.